The van der Waals surface area contributed by atoms with Gasteiger partial charge in [0.05, 0.1) is 5.02 Å². The van der Waals surface area contributed by atoms with E-state index in [1.165, 1.54) is 12.0 Å². The molecule has 0 heterocycles. The molecule has 2 aromatic rings. The Kier molecular flexibility index (Phi) is 3.23. The van der Waals surface area contributed by atoms with Gasteiger partial charge in [0.15, 0.2) is 0 Å². The molecule has 3 heteroatoms. The van der Waals surface area contributed by atoms with Gasteiger partial charge < -0.3 is 5.73 Å². The highest BCUT2D eigenvalue weighted by Crippen LogP contribution is 2.52. The zero-order valence-electron chi connectivity index (χ0n) is 9.84. The maximum atomic E-state index is 6.19. The van der Waals surface area contributed by atoms with Crippen LogP contribution in [-0.2, 0) is 0 Å². The van der Waals surface area contributed by atoms with Crippen LogP contribution in [0.3, 0.4) is 0 Å². The van der Waals surface area contributed by atoms with Gasteiger partial charge in [0.2, 0.25) is 0 Å². The molecule has 0 radical (unpaired) electrons. The highest BCUT2D eigenvalue weighted by atomic mass is 35.5. The highest BCUT2D eigenvalue weighted by Gasteiger charge is 2.39. The zero-order chi connectivity index (χ0) is 12.5. The quantitative estimate of drug-likeness (QED) is 0.831. The first-order valence-corrected chi connectivity index (χ1v) is 7.26. The van der Waals surface area contributed by atoms with E-state index in [4.69, 9.17) is 17.3 Å². The van der Waals surface area contributed by atoms with Crippen molar-refractivity contribution in [2.75, 3.05) is 5.73 Å². The summed E-state index contributed by atoms with van der Waals surface area (Å²) in [6.07, 6.45) is 1.22. The number of anilines is 1. The molecule has 2 unspecified atom stereocenters. The van der Waals surface area contributed by atoms with E-state index < -0.39 is 0 Å². The number of nitrogens with two attached hydrogens (primary N) is 1. The summed E-state index contributed by atoms with van der Waals surface area (Å²) < 4.78 is 0. The van der Waals surface area contributed by atoms with E-state index in [9.17, 15) is 0 Å². The van der Waals surface area contributed by atoms with Crippen molar-refractivity contribution >= 4 is 29.1 Å². The van der Waals surface area contributed by atoms with Crippen LogP contribution in [0.1, 0.15) is 17.9 Å². The molecule has 1 saturated carbocycles. The second kappa shape index (κ2) is 4.87. The van der Waals surface area contributed by atoms with Gasteiger partial charge in [-0.25, -0.2) is 0 Å². The fourth-order valence-corrected chi connectivity index (χ4v) is 3.71. The lowest BCUT2D eigenvalue weighted by atomic mass is 10.1. The summed E-state index contributed by atoms with van der Waals surface area (Å²) >= 11 is 8.03. The molecule has 1 fully saturated rings. The van der Waals surface area contributed by atoms with E-state index in [2.05, 4.69) is 30.3 Å². The first-order chi connectivity index (χ1) is 8.74. The van der Waals surface area contributed by atoms with Gasteiger partial charge in [-0.05, 0) is 36.1 Å². The number of rotatable bonds is 3. The summed E-state index contributed by atoms with van der Waals surface area (Å²) in [5, 5.41) is 1.43. The molecule has 0 spiro atoms. The van der Waals surface area contributed by atoms with Gasteiger partial charge in [0.25, 0.3) is 0 Å². The van der Waals surface area contributed by atoms with Crippen molar-refractivity contribution in [1.82, 2.24) is 0 Å². The third-order valence-corrected chi connectivity index (χ3v) is 5.05. The van der Waals surface area contributed by atoms with Crippen LogP contribution < -0.4 is 5.73 Å². The molecule has 2 aromatic carbocycles. The third kappa shape index (κ3) is 2.50. The van der Waals surface area contributed by atoms with Gasteiger partial charge >= 0.3 is 0 Å². The first kappa shape index (κ1) is 11.9. The predicted octanol–water partition coefficient (Wildman–Crippen LogP) is 4.57. The van der Waals surface area contributed by atoms with Gasteiger partial charge in [0, 0.05) is 15.8 Å². The Labute approximate surface area is 116 Å². The minimum atomic E-state index is 0.631. The third-order valence-electron chi connectivity index (χ3n) is 3.19. The number of hydrogen-bond donors (Lipinski definition) is 1. The average Bonchev–Trinajstić information content (AvgIpc) is 3.14. The summed E-state index contributed by atoms with van der Waals surface area (Å²) in [5.74, 6) is 0.661. The van der Waals surface area contributed by atoms with Crippen LogP contribution in [0.5, 0.6) is 0 Å². The molecule has 2 atom stereocenters. The molecule has 1 aliphatic rings. The average molecular weight is 276 g/mol. The van der Waals surface area contributed by atoms with Crippen LogP contribution in [0.15, 0.2) is 53.4 Å². The summed E-state index contributed by atoms with van der Waals surface area (Å²) in [5.41, 5.74) is 8.00. The molecule has 0 aromatic heterocycles. The molecule has 0 amide bonds. The van der Waals surface area contributed by atoms with Crippen molar-refractivity contribution in [3.05, 3.63) is 59.1 Å². The molecule has 3 rings (SSSR count). The highest BCUT2D eigenvalue weighted by molar-refractivity contribution is 8.00. The molecule has 18 heavy (non-hydrogen) atoms. The van der Waals surface area contributed by atoms with Crippen molar-refractivity contribution in [3.8, 4) is 0 Å². The van der Waals surface area contributed by atoms with Gasteiger partial charge in [-0.15, -0.1) is 11.8 Å². The molecular weight excluding hydrogens is 262 g/mol. The lowest BCUT2D eigenvalue weighted by Crippen LogP contribution is -1.87. The molecule has 1 nitrogen and oxygen atoms in total. The maximum Gasteiger partial charge on any atom is 0.0543 e. The van der Waals surface area contributed by atoms with E-state index in [1.807, 2.05) is 30.0 Å². The summed E-state index contributed by atoms with van der Waals surface area (Å²) in [6, 6.07) is 16.3. The summed E-state index contributed by atoms with van der Waals surface area (Å²) in [7, 11) is 0. The predicted molar refractivity (Wildman–Crippen MR) is 79.3 cm³/mol. The van der Waals surface area contributed by atoms with Crippen LogP contribution >= 0.6 is 23.4 Å². The Morgan fingerprint density at radius 2 is 1.89 bits per heavy atom. The Bertz CT molecular complexity index is 556. The number of nitrogen functional groups attached to an aromatic ring is 1. The van der Waals surface area contributed by atoms with Gasteiger partial charge in [0.1, 0.15) is 0 Å². The standard InChI is InChI=1S/C15H14ClNS/c16-13-7-6-11(17)8-15(13)18-14-9-12(14)10-4-2-1-3-5-10/h1-8,12,14H,9,17H2. The van der Waals surface area contributed by atoms with Crippen molar-refractivity contribution in [1.29, 1.82) is 0 Å². The molecule has 2 N–H and O–H groups in total. The van der Waals surface area contributed by atoms with Gasteiger partial charge in [-0.1, -0.05) is 41.9 Å². The number of thioether (sulfide) groups is 1. The van der Waals surface area contributed by atoms with E-state index in [-0.39, 0.29) is 0 Å². The van der Waals surface area contributed by atoms with Crippen LogP contribution in [0.25, 0.3) is 0 Å². The normalized spacial score (nSPS) is 21.8. The largest absolute Gasteiger partial charge is 0.399 e. The smallest absolute Gasteiger partial charge is 0.0543 e. The molecule has 0 bridgehead atoms. The molecular formula is C15H14ClNS. The number of hydrogen-bond acceptors (Lipinski definition) is 2. The molecule has 1 aliphatic carbocycles. The van der Waals surface area contributed by atoms with Gasteiger partial charge in [-0.2, -0.15) is 0 Å². The minimum Gasteiger partial charge on any atom is -0.399 e. The van der Waals surface area contributed by atoms with Crippen molar-refractivity contribution in [3.63, 3.8) is 0 Å². The fourth-order valence-electron chi connectivity index (χ4n) is 2.13. The second-order valence-electron chi connectivity index (χ2n) is 4.60. The number of benzene rings is 2. The number of halogens is 1. The lowest BCUT2D eigenvalue weighted by Gasteiger charge is -2.05. The van der Waals surface area contributed by atoms with E-state index >= 15 is 0 Å². The minimum absolute atomic E-state index is 0.631. The maximum absolute atomic E-state index is 6.19. The van der Waals surface area contributed by atoms with Crippen LogP contribution in [0, 0.1) is 0 Å². The Morgan fingerprint density at radius 3 is 2.67 bits per heavy atom. The molecule has 92 valence electrons. The van der Waals surface area contributed by atoms with Crippen molar-refractivity contribution in [2.24, 2.45) is 0 Å². The topological polar surface area (TPSA) is 26.0 Å². The Morgan fingerprint density at radius 1 is 1.11 bits per heavy atom. The Balaban J connectivity index is 1.71. The second-order valence-corrected chi connectivity index (χ2v) is 6.29. The van der Waals surface area contributed by atoms with Crippen molar-refractivity contribution < 1.29 is 0 Å². The fraction of sp³-hybridized carbons (Fsp3) is 0.200. The van der Waals surface area contributed by atoms with E-state index in [1.54, 1.807) is 0 Å². The van der Waals surface area contributed by atoms with Crippen molar-refractivity contribution in [2.45, 2.75) is 22.5 Å². The first-order valence-electron chi connectivity index (χ1n) is 6.00. The lowest BCUT2D eigenvalue weighted by molar-refractivity contribution is 1.13. The molecule has 0 saturated heterocycles. The summed E-state index contributed by atoms with van der Waals surface area (Å²) in [4.78, 5) is 1.10. The monoisotopic (exact) mass is 275 g/mol. The zero-order valence-corrected chi connectivity index (χ0v) is 11.4. The summed E-state index contributed by atoms with van der Waals surface area (Å²) in [6.45, 7) is 0. The van der Waals surface area contributed by atoms with Crippen LogP contribution in [-0.4, -0.2) is 5.25 Å². The van der Waals surface area contributed by atoms with Gasteiger partial charge in [-0.3, -0.25) is 0 Å². The SMILES string of the molecule is Nc1ccc(Cl)c(SC2CC2c2ccccc2)c1. The van der Waals surface area contributed by atoms with Crippen LogP contribution in [0.2, 0.25) is 5.02 Å². The molecule has 0 aliphatic heterocycles. The van der Waals surface area contributed by atoms with Crippen LogP contribution in [0.4, 0.5) is 5.69 Å². The van der Waals surface area contributed by atoms with E-state index in [0.29, 0.717) is 11.2 Å². The Hall–Kier alpha value is -1.12. The van der Waals surface area contributed by atoms with E-state index in [0.717, 1.165) is 15.6 Å².